The molecule has 0 bridgehead atoms. The van der Waals surface area contributed by atoms with Gasteiger partial charge in [0, 0.05) is 12.8 Å². The fraction of sp³-hybridized carbons (Fsp3) is 0.714. The van der Waals surface area contributed by atoms with Gasteiger partial charge in [-0.05, 0) is 77.0 Å². The van der Waals surface area contributed by atoms with Gasteiger partial charge in [0.1, 0.15) is 6.10 Å². The fourth-order valence-electron chi connectivity index (χ4n) is 4.41. The van der Waals surface area contributed by atoms with Crippen molar-refractivity contribution in [1.82, 2.24) is 0 Å². The second-order valence-corrected chi connectivity index (χ2v) is 10.6. The molecule has 0 fully saturated rings. The molecule has 0 aromatic heterocycles. The summed E-state index contributed by atoms with van der Waals surface area (Å²) in [6.07, 6.45) is 40.0. The highest BCUT2D eigenvalue weighted by Gasteiger charge is 2.13. The molecule has 224 valence electrons. The van der Waals surface area contributed by atoms with Gasteiger partial charge in [0.05, 0.1) is 0 Å². The Morgan fingerprint density at radius 3 is 1.59 bits per heavy atom. The van der Waals surface area contributed by atoms with Crippen LogP contribution in [-0.4, -0.2) is 23.1 Å². The lowest BCUT2D eigenvalue weighted by atomic mass is 10.0. The topological polar surface area (TPSA) is 63.6 Å². The monoisotopic (exact) mass is 544 g/mol. The largest absolute Gasteiger partial charge is 0.481 e. The van der Waals surface area contributed by atoms with Crippen LogP contribution >= 0.6 is 0 Å². The molecule has 4 nitrogen and oxygen atoms in total. The standard InChI is InChI=1S/C35H60O4/c1-3-5-7-8-9-10-11-12-13-14-15-16-17-18-19-24-28-32-35(38)39-33(29-25-6-4-2)30-26-22-20-21-23-27-31-34(36)37/h9-10,12-13,15-16,18-19,33H,3-8,11,14,17,20-32H2,1-2H3,(H,36,37)/b10-9-,13-12-,16-15-,19-18-. The first-order valence-electron chi connectivity index (χ1n) is 16.1. The van der Waals surface area contributed by atoms with Crippen molar-refractivity contribution in [3.05, 3.63) is 48.6 Å². The average molecular weight is 545 g/mol. The maximum absolute atomic E-state index is 12.4. The van der Waals surface area contributed by atoms with Crippen molar-refractivity contribution in [2.45, 2.75) is 161 Å². The number of aliphatic carboxylic acids is 1. The van der Waals surface area contributed by atoms with Crippen molar-refractivity contribution < 1.29 is 19.4 Å². The summed E-state index contributed by atoms with van der Waals surface area (Å²) in [5, 5.41) is 8.70. The van der Waals surface area contributed by atoms with Crippen molar-refractivity contribution >= 4 is 11.9 Å². The third-order valence-electron chi connectivity index (χ3n) is 6.80. The van der Waals surface area contributed by atoms with Gasteiger partial charge in [-0.2, -0.15) is 0 Å². The summed E-state index contributed by atoms with van der Waals surface area (Å²) in [7, 11) is 0. The summed E-state index contributed by atoms with van der Waals surface area (Å²) in [4.78, 5) is 23.0. The molecule has 0 heterocycles. The van der Waals surface area contributed by atoms with E-state index in [0.717, 1.165) is 89.9 Å². The van der Waals surface area contributed by atoms with Gasteiger partial charge in [0.15, 0.2) is 0 Å². The lowest BCUT2D eigenvalue weighted by Crippen LogP contribution is -2.18. The number of carboxylic acid groups (broad SMARTS) is 1. The molecule has 0 saturated carbocycles. The molecular formula is C35H60O4. The minimum absolute atomic E-state index is 0.0487. The molecule has 0 aliphatic carbocycles. The van der Waals surface area contributed by atoms with E-state index in [9.17, 15) is 9.59 Å². The lowest BCUT2D eigenvalue weighted by Gasteiger charge is -2.18. The molecule has 0 saturated heterocycles. The first-order valence-corrected chi connectivity index (χ1v) is 16.1. The molecule has 0 aliphatic rings. The number of ether oxygens (including phenoxy) is 1. The van der Waals surface area contributed by atoms with Crippen molar-refractivity contribution in [3.63, 3.8) is 0 Å². The van der Waals surface area contributed by atoms with Crippen molar-refractivity contribution in [2.24, 2.45) is 0 Å². The highest BCUT2D eigenvalue weighted by molar-refractivity contribution is 5.69. The molecule has 0 aromatic carbocycles. The Labute approximate surface area is 241 Å². The Bertz CT molecular complexity index is 674. The number of carboxylic acids is 1. The normalized spacial score (nSPS) is 12.9. The summed E-state index contributed by atoms with van der Waals surface area (Å²) >= 11 is 0. The van der Waals surface area contributed by atoms with E-state index in [4.69, 9.17) is 9.84 Å². The highest BCUT2D eigenvalue weighted by Crippen LogP contribution is 2.17. The number of allylic oxidation sites excluding steroid dienone is 8. The van der Waals surface area contributed by atoms with E-state index < -0.39 is 5.97 Å². The second-order valence-electron chi connectivity index (χ2n) is 10.6. The minimum Gasteiger partial charge on any atom is -0.481 e. The van der Waals surface area contributed by atoms with Crippen LogP contribution in [0.4, 0.5) is 0 Å². The minimum atomic E-state index is -0.703. The Morgan fingerprint density at radius 1 is 0.564 bits per heavy atom. The number of unbranched alkanes of at least 4 members (excludes halogenated alkanes) is 11. The van der Waals surface area contributed by atoms with E-state index in [2.05, 4.69) is 62.5 Å². The van der Waals surface area contributed by atoms with Crippen LogP contribution in [0.25, 0.3) is 0 Å². The van der Waals surface area contributed by atoms with Crippen molar-refractivity contribution in [1.29, 1.82) is 0 Å². The number of esters is 1. The molecule has 0 aliphatic heterocycles. The fourth-order valence-corrected chi connectivity index (χ4v) is 4.41. The average Bonchev–Trinajstić information content (AvgIpc) is 2.91. The molecule has 1 N–H and O–H groups in total. The van der Waals surface area contributed by atoms with Gasteiger partial charge in [-0.15, -0.1) is 0 Å². The summed E-state index contributed by atoms with van der Waals surface area (Å²) in [6.45, 7) is 4.44. The second kappa shape index (κ2) is 30.4. The molecule has 4 heteroatoms. The maximum atomic E-state index is 12.4. The highest BCUT2D eigenvalue weighted by atomic mass is 16.5. The van der Waals surface area contributed by atoms with Crippen LogP contribution < -0.4 is 0 Å². The van der Waals surface area contributed by atoms with Crippen molar-refractivity contribution in [2.75, 3.05) is 0 Å². The van der Waals surface area contributed by atoms with Crippen molar-refractivity contribution in [3.8, 4) is 0 Å². The molecule has 0 spiro atoms. The van der Waals surface area contributed by atoms with Crippen LogP contribution in [0.15, 0.2) is 48.6 Å². The third kappa shape index (κ3) is 30.3. The van der Waals surface area contributed by atoms with Crippen LogP contribution in [0.3, 0.4) is 0 Å². The predicted molar refractivity (Wildman–Crippen MR) is 167 cm³/mol. The van der Waals surface area contributed by atoms with Crippen LogP contribution in [-0.2, 0) is 14.3 Å². The summed E-state index contributed by atoms with van der Waals surface area (Å²) in [6, 6.07) is 0. The third-order valence-corrected chi connectivity index (χ3v) is 6.80. The molecular weight excluding hydrogens is 484 g/mol. The molecule has 0 aromatic rings. The molecule has 1 atom stereocenters. The Kier molecular flexibility index (Phi) is 28.8. The molecule has 1 unspecified atom stereocenters. The van der Waals surface area contributed by atoms with Crippen LogP contribution in [0, 0.1) is 0 Å². The Morgan fingerprint density at radius 2 is 1.03 bits per heavy atom. The lowest BCUT2D eigenvalue weighted by molar-refractivity contribution is -0.150. The number of hydrogen-bond acceptors (Lipinski definition) is 3. The smallest absolute Gasteiger partial charge is 0.306 e. The maximum Gasteiger partial charge on any atom is 0.306 e. The number of carbonyl (C=O) groups excluding carboxylic acids is 1. The van der Waals surface area contributed by atoms with Crippen LogP contribution in [0.2, 0.25) is 0 Å². The Hall–Kier alpha value is -2.10. The number of rotatable bonds is 28. The SMILES string of the molecule is CCCCC/C=C\C/C=C\C/C=C\C/C=C\CCCC(=O)OC(CCCCC)CCCCCCCCC(=O)O. The van der Waals surface area contributed by atoms with Gasteiger partial charge in [0.2, 0.25) is 0 Å². The first kappa shape index (κ1) is 36.9. The van der Waals surface area contributed by atoms with E-state index in [1.807, 2.05) is 0 Å². The van der Waals surface area contributed by atoms with Gasteiger partial charge in [-0.25, -0.2) is 0 Å². The molecule has 0 radical (unpaired) electrons. The summed E-state index contributed by atoms with van der Waals surface area (Å²) in [5.41, 5.74) is 0. The van der Waals surface area contributed by atoms with Crippen LogP contribution in [0.5, 0.6) is 0 Å². The van der Waals surface area contributed by atoms with E-state index >= 15 is 0 Å². The van der Waals surface area contributed by atoms with Crippen LogP contribution in [0.1, 0.15) is 155 Å². The number of hydrogen-bond donors (Lipinski definition) is 1. The summed E-state index contributed by atoms with van der Waals surface area (Å²) < 4.78 is 5.85. The van der Waals surface area contributed by atoms with Gasteiger partial charge in [-0.1, -0.05) is 114 Å². The zero-order chi connectivity index (χ0) is 28.7. The Balaban J connectivity index is 3.92. The van der Waals surface area contributed by atoms with E-state index in [1.54, 1.807) is 0 Å². The summed E-state index contributed by atoms with van der Waals surface area (Å²) in [5.74, 6) is -0.757. The zero-order valence-corrected chi connectivity index (χ0v) is 25.4. The van der Waals surface area contributed by atoms with Gasteiger partial charge in [-0.3, -0.25) is 9.59 Å². The van der Waals surface area contributed by atoms with E-state index in [1.165, 1.54) is 38.5 Å². The molecule has 0 rings (SSSR count). The predicted octanol–water partition coefficient (Wildman–Crippen LogP) is 10.8. The molecule has 0 amide bonds. The quantitative estimate of drug-likeness (QED) is 0.0604. The van der Waals surface area contributed by atoms with Gasteiger partial charge >= 0.3 is 11.9 Å². The van der Waals surface area contributed by atoms with Gasteiger partial charge in [0.25, 0.3) is 0 Å². The zero-order valence-electron chi connectivity index (χ0n) is 25.4. The number of carbonyl (C=O) groups is 2. The van der Waals surface area contributed by atoms with E-state index in [-0.39, 0.29) is 18.5 Å². The van der Waals surface area contributed by atoms with E-state index in [0.29, 0.717) is 6.42 Å². The first-order chi connectivity index (χ1) is 19.1. The molecule has 39 heavy (non-hydrogen) atoms. The van der Waals surface area contributed by atoms with Gasteiger partial charge < -0.3 is 9.84 Å².